The maximum atomic E-state index is 9.35. The van der Waals surface area contributed by atoms with Crippen LogP contribution >= 0.6 is 0 Å². The highest BCUT2D eigenvalue weighted by Gasteiger charge is 2.03. The topological polar surface area (TPSA) is 40.5 Å². The van der Waals surface area contributed by atoms with Crippen molar-refractivity contribution in [1.82, 2.24) is 0 Å². The van der Waals surface area contributed by atoms with E-state index in [2.05, 4.69) is 0 Å². The Hall–Kier alpha value is -1.80. The molecular formula is C14H14O2. The molecule has 16 heavy (non-hydrogen) atoms. The second-order valence-corrected chi connectivity index (χ2v) is 3.86. The highest BCUT2D eigenvalue weighted by atomic mass is 16.3. The zero-order valence-electron chi connectivity index (χ0n) is 9.14. The Morgan fingerprint density at radius 2 is 1.88 bits per heavy atom. The third-order valence-electron chi connectivity index (χ3n) is 2.63. The standard InChI is InChI=1S/C14H14O2/c1-10-7-13(16)5-6-14(10)12-4-2-3-11(8-12)9-15/h2-8,15-16H,9H2,1H3. The number of aromatic hydroxyl groups is 1. The number of hydrogen-bond donors (Lipinski definition) is 2. The van der Waals surface area contributed by atoms with Gasteiger partial charge in [-0.05, 0) is 47.4 Å². The van der Waals surface area contributed by atoms with Crippen LogP contribution in [0.5, 0.6) is 5.75 Å². The smallest absolute Gasteiger partial charge is 0.115 e. The summed E-state index contributed by atoms with van der Waals surface area (Å²) in [6.07, 6.45) is 0. The number of aliphatic hydroxyl groups is 1. The maximum absolute atomic E-state index is 9.35. The molecule has 82 valence electrons. The quantitative estimate of drug-likeness (QED) is 0.807. The molecule has 0 spiro atoms. The Morgan fingerprint density at radius 1 is 1.06 bits per heavy atom. The van der Waals surface area contributed by atoms with Gasteiger partial charge in [0.2, 0.25) is 0 Å². The minimum atomic E-state index is 0.0466. The normalized spacial score (nSPS) is 10.4. The van der Waals surface area contributed by atoms with Gasteiger partial charge in [-0.1, -0.05) is 24.3 Å². The molecule has 0 bridgehead atoms. The fourth-order valence-electron chi connectivity index (χ4n) is 1.81. The van der Waals surface area contributed by atoms with E-state index in [-0.39, 0.29) is 12.4 Å². The third-order valence-corrected chi connectivity index (χ3v) is 2.63. The van der Waals surface area contributed by atoms with E-state index in [1.54, 1.807) is 12.1 Å². The molecule has 0 aromatic heterocycles. The van der Waals surface area contributed by atoms with Gasteiger partial charge in [-0.15, -0.1) is 0 Å². The van der Waals surface area contributed by atoms with Gasteiger partial charge >= 0.3 is 0 Å². The Balaban J connectivity index is 2.49. The fraction of sp³-hybridized carbons (Fsp3) is 0.143. The van der Waals surface area contributed by atoms with Crippen molar-refractivity contribution < 1.29 is 10.2 Å². The second-order valence-electron chi connectivity index (χ2n) is 3.86. The summed E-state index contributed by atoms with van der Waals surface area (Å²) < 4.78 is 0. The van der Waals surface area contributed by atoms with Crippen LogP contribution in [0.3, 0.4) is 0 Å². The van der Waals surface area contributed by atoms with E-state index >= 15 is 0 Å². The van der Waals surface area contributed by atoms with Crippen LogP contribution in [-0.2, 0) is 6.61 Å². The van der Waals surface area contributed by atoms with E-state index in [9.17, 15) is 5.11 Å². The summed E-state index contributed by atoms with van der Waals surface area (Å²) in [5.41, 5.74) is 4.05. The Labute approximate surface area is 94.8 Å². The molecule has 0 fully saturated rings. The zero-order valence-corrected chi connectivity index (χ0v) is 9.14. The van der Waals surface area contributed by atoms with E-state index in [1.165, 1.54) is 0 Å². The maximum Gasteiger partial charge on any atom is 0.115 e. The van der Waals surface area contributed by atoms with Crippen molar-refractivity contribution in [3.8, 4) is 16.9 Å². The Bertz CT molecular complexity index is 504. The number of hydrogen-bond acceptors (Lipinski definition) is 2. The van der Waals surface area contributed by atoms with Gasteiger partial charge in [-0.3, -0.25) is 0 Å². The van der Waals surface area contributed by atoms with E-state index in [1.807, 2.05) is 37.3 Å². The molecule has 0 aliphatic heterocycles. The number of rotatable bonds is 2. The lowest BCUT2D eigenvalue weighted by atomic mass is 9.99. The van der Waals surface area contributed by atoms with Crippen molar-refractivity contribution in [1.29, 1.82) is 0 Å². The number of phenols is 1. The first kappa shape index (κ1) is 10.7. The summed E-state index contributed by atoms with van der Waals surface area (Å²) in [6, 6.07) is 13.1. The van der Waals surface area contributed by atoms with Gasteiger partial charge in [0, 0.05) is 0 Å². The zero-order chi connectivity index (χ0) is 11.5. The summed E-state index contributed by atoms with van der Waals surface area (Å²) in [5, 5.41) is 18.4. The summed E-state index contributed by atoms with van der Waals surface area (Å²) in [5.74, 6) is 0.277. The fourth-order valence-corrected chi connectivity index (χ4v) is 1.81. The average Bonchev–Trinajstić information content (AvgIpc) is 2.29. The molecule has 0 aliphatic carbocycles. The van der Waals surface area contributed by atoms with Crippen molar-refractivity contribution in [2.24, 2.45) is 0 Å². The molecule has 0 heterocycles. The highest BCUT2D eigenvalue weighted by Crippen LogP contribution is 2.26. The molecule has 2 N–H and O–H groups in total. The van der Waals surface area contributed by atoms with Crippen molar-refractivity contribution in [3.05, 3.63) is 53.6 Å². The van der Waals surface area contributed by atoms with Gasteiger partial charge in [-0.2, -0.15) is 0 Å². The first-order valence-corrected chi connectivity index (χ1v) is 5.20. The first-order chi connectivity index (χ1) is 7.70. The van der Waals surface area contributed by atoms with E-state index in [4.69, 9.17) is 5.11 Å². The van der Waals surface area contributed by atoms with Gasteiger partial charge in [0.1, 0.15) is 5.75 Å². The minimum absolute atomic E-state index is 0.0466. The molecule has 0 radical (unpaired) electrons. The highest BCUT2D eigenvalue weighted by molar-refractivity contribution is 5.68. The van der Waals surface area contributed by atoms with Gasteiger partial charge in [0.25, 0.3) is 0 Å². The Kier molecular flexibility index (Phi) is 2.93. The number of phenolic OH excluding ortho intramolecular Hbond substituents is 1. The van der Waals surface area contributed by atoms with Crippen molar-refractivity contribution in [2.75, 3.05) is 0 Å². The lowest BCUT2D eigenvalue weighted by Gasteiger charge is -2.07. The van der Waals surface area contributed by atoms with E-state index in [0.717, 1.165) is 22.3 Å². The molecule has 0 saturated heterocycles. The SMILES string of the molecule is Cc1cc(O)ccc1-c1cccc(CO)c1. The molecule has 0 atom stereocenters. The summed E-state index contributed by atoms with van der Waals surface area (Å²) in [4.78, 5) is 0. The van der Waals surface area contributed by atoms with E-state index < -0.39 is 0 Å². The van der Waals surface area contributed by atoms with Crippen LogP contribution in [0.2, 0.25) is 0 Å². The van der Waals surface area contributed by atoms with Crippen LogP contribution in [0.1, 0.15) is 11.1 Å². The van der Waals surface area contributed by atoms with E-state index in [0.29, 0.717) is 0 Å². The van der Waals surface area contributed by atoms with Crippen LogP contribution in [-0.4, -0.2) is 10.2 Å². The molecule has 0 saturated carbocycles. The third kappa shape index (κ3) is 2.07. The molecule has 0 amide bonds. The molecule has 2 aromatic carbocycles. The monoisotopic (exact) mass is 214 g/mol. The van der Waals surface area contributed by atoms with Gasteiger partial charge in [-0.25, -0.2) is 0 Å². The van der Waals surface area contributed by atoms with Crippen LogP contribution in [0.15, 0.2) is 42.5 Å². The molecule has 0 unspecified atom stereocenters. The predicted octanol–water partition coefficient (Wildman–Crippen LogP) is 2.86. The molecule has 2 aromatic rings. The second kappa shape index (κ2) is 4.37. The van der Waals surface area contributed by atoms with Crippen LogP contribution in [0, 0.1) is 6.92 Å². The number of benzene rings is 2. The molecular weight excluding hydrogens is 200 g/mol. The van der Waals surface area contributed by atoms with Crippen molar-refractivity contribution in [2.45, 2.75) is 13.5 Å². The van der Waals surface area contributed by atoms with Crippen LogP contribution in [0.4, 0.5) is 0 Å². The summed E-state index contributed by atoms with van der Waals surface area (Å²) in [7, 11) is 0. The van der Waals surface area contributed by atoms with Gasteiger partial charge in [0.05, 0.1) is 6.61 Å². The van der Waals surface area contributed by atoms with Crippen LogP contribution in [0.25, 0.3) is 11.1 Å². The number of aryl methyl sites for hydroxylation is 1. The van der Waals surface area contributed by atoms with Gasteiger partial charge < -0.3 is 10.2 Å². The largest absolute Gasteiger partial charge is 0.508 e. The summed E-state index contributed by atoms with van der Waals surface area (Å²) >= 11 is 0. The lowest BCUT2D eigenvalue weighted by Crippen LogP contribution is -1.86. The average molecular weight is 214 g/mol. The lowest BCUT2D eigenvalue weighted by molar-refractivity contribution is 0.282. The molecule has 0 aliphatic rings. The Morgan fingerprint density at radius 3 is 2.56 bits per heavy atom. The van der Waals surface area contributed by atoms with Crippen molar-refractivity contribution >= 4 is 0 Å². The van der Waals surface area contributed by atoms with Crippen LogP contribution < -0.4 is 0 Å². The molecule has 2 nitrogen and oxygen atoms in total. The molecule has 2 rings (SSSR count). The summed E-state index contributed by atoms with van der Waals surface area (Å²) in [6.45, 7) is 2.01. The molecule has 2 heteroatoms. The van der Waals surface area contributed by atoms with Crippen molar-refractivity contribution in [3.63, 3.8) is 0 Å². The minimum Gasteiger partial charge on any atom is -0.508 e. The predicted molar refractivity (Wildman–Crippen MR) is 64.2 cm³/mol. The number of aliphatic hydroxyl groups excluding tert-OH is 1. The first-order valence-electron chi connectivity index (χ1n) is 5.20. The van der Waals surface area contributed by atoms with Gasteiger partial charge in [0.15, 0.2) is 0 Å².